The number of hydrogen-bond donors (Lipinski definition) is 4. The van der Waals surface area contributed by atoms with Gasteiger partial charge in [-0.3, -0.25) is 0 Å². The number of aliphatic hydroxyl groups is 3. The van der Waals surface area contributed by atoms with Crippen LogP contribution in [0.5, 0.6) is 0 Å². The molecule has 1 saturated heterocycles. The smallest absolute Gasteiger partial charge is 0.340 e. The highest BCUT2D eigenvalue weighted by Crippen LogP contribution is 2.21. The predicted molar refractivity (Wildman–Crippen MR) is 70.3 cm³/mol. The molecule has 1 heterocycles. The van der Waals surface area contributed by atoms with Crippen LogP contribution in [-0.4, -0.2) is 83.1 Å². The lowest BCUT2D eigenvalue weighted by Gasteiger charge is -2.39. The van der Waals surface area contributed by atoms with Gasteiger partial charge in [-0.1, -0.05) is 0 Å². The Hall–Kier alpha value is -1.04. The van der Waals surface area contributed by atoms with Crippen molar-refractivity contribution in [2.75, 3.05) is 26.1 Å². The molecule has 2 amide bonds. The fourth-order valence-electron chi connectivity index (χ4n) is 1.82. The minimum Gasteiger partial charge on any atom is -0.388 e. The van der Waals surface area contributed by atoms with E-state index in [1.165, 1.54) is 7.11 Å². The van der Waals surface area contributed by atoms with Crippen LogP contribution < -0.4 is 5.32 Å². The Morgan fingerprint density at radius 1 is 1.38 bits per heavy atom. The maximum atomic E-state index is 11.6. The van der Waals surface area contributed by atoms with Gasteiger partial charge in [0, 0.05) is 19.5 Å². The molecule has 5 atom stereocenters. The Kier molecular flexibility index (Phi) is 7.22. The van der Waals surface area contributed by atoms with Crippen LogP contribution in [0.1, 0.15) is 0 Å². The molecule has 1 aliphatic rings. The van der Waals surface area contributed by atoms with Gasteiger partial charge in [0.25, 0.3) is 0 Å². The maximum absolute atomic E-state index is 11.6. The lowest BCUT2D eigenvalue weighted by molar-refractivity contribution is -0.288. The highest BCUT2D eigenvalue weighted by Gasteiger charge is 2.43. The molecule has 0 saturated carbocycles. The zero-order valence-corrected chi connectivity index (χ0v) is 12.0. The van der Waals surface area contributed by atoms with Crippen molar-refractivity contribution in [2.45, 2.75) is 30.7 Å². The summed E-state index contributed by atoms with van der Waals surface area (Å²) < 4.78 is 10.0. The number of amides is 2. The van der Waals surface area contributed by atoms with Crippen LogP contribution in [0.4, 0.5) is 4.79 Å². The molecule has 0 aromatic carbocycles. The van der Waals surface area contributed by atoms with E-state index >= 15 is 0 Å². The number of halogens is 1. The molecule has 10 nitrogen and oxygen atoms in total. The highest BCUT2D eigenvalue weighted by molar-refractivity contribution is 6.18. The SMILES string of the molecule is CO[C@@H]1O[C@H](CNC(=O)N(CCCl)N=O)[C@H](O)[C@@H](O)[C@H]1O. The normalized spacial score (nSPS) is 32.5. The third-order valence-corrected chi connectivity index (χ3v) is 3.15. The molecule has 0 bridgehead atoms. The average molecular weight is 328 g/mol. The van der Waals surface area contributed by atoms with Gasteiger partial charge in [-0.15, -0.1) is 16.5 Å². The highest BCUT2D eigenvalue weighted by atomic mass is 35.5. The first kappa shape index (κ1) is 18.0. The first-order valence-corrected chi connectivity index (χ1v) is 6.66. The van der Waals surface area contributed by atoms with Crippen LogP contribution in [0.3, 0.4) is 0 Å². The second-order valence-electron chi connectivity index (χ2n) is 4.33. The molecular weight excluding hydrogens is 310 g/mol. The van der Waals surface area contributed by atoms with Gasteiger partial charge >= 0.3 is 6.03 Å². The Morgan fingerprint density at radius 2 is 2.05 bits per heavy atom. The molecule has 0 aromatic rings. The zero-order chi connectivity index (χ0) is 16.0. The van der Waals surface area contributed by atoms with Gasteiger partial charge in [-0.05, 0) is 0 Å². The summed E-state index contributed by atoms with van der Waals surface area (Å²) in [6, 6.07) is -0.823. The summed E-state index contributed by atoms with van der Waals surface area (Å²) in [7, 11) is 1.26. The quantitative estimate of drug-likeness (QED) is 0.261. The summed E-state index contributed by atoms with van der Waals surface area (Å²) in [5, 5.41) is 34.4. The zero-order valence-electron chi connectivity index (χ0n) is 11.3. The van der Waals surface area contributed by atoms with E-state index < -0.39 is 36.7 Å². The van der Waals surface area contributed by atoms with Gasteiger partial charge in [0.2, 0.25) is 0 Å². The van der Waals surface area contributed by atoms with Gasteiger partial charge in [-0.25, -0.2) is 4.79 Å². The van der Waals surface area contributed by atoms with E-state index in [9.17, 15) is 25.0 Å². The fourth-order valence-corrected chi connectivity index (χ4v) is 1.98. The monoisotopic (exact) mass is 327 g/mol. The van der Waals surface area contributed by atoms with Crippen molar-refractivity contribution >= 4 is 17.6 Å². The van der Waals surface area contributed by atoms with Crippen molar-refractivity contribution in [3.8, 4) is 0 Å². The molecule has 0 spiro atoms. The molecule has 1 aliphatic heterocycles. The minimum atomic E-state index is -1.49. The molecule has 0 aromatic heterocycles. The number of nitroso groups, excluding NO2 is 1. The van der Waals surface area contributed by atoms with E-state index in [1.54, 1.807) is 0 Å². The Morgan fingerprint density at radius 3 is 2.57 bits per heavy atom. The molecule has 11 heteroatoms. The Labute approximate surface area is 125 Å². The number of alkyl halides is 1. The van der Waals surface area contributed by atoms with E-state index in [4.69, 9.17) is 21.1 Å². The predicted octanol–water partition coefficient (Wildman–Crippen LogP) is -1.63. The fraction of sp³-hybridized carbons (Fsp3) is 0.900. The summed E-state index contributed by atoms with van der Waals surface area (Å²) in [6.45, 7) is -0.301. The van der Waals surface area contributed by atoms with Crippen LogP contribution in [0, 0.1) is 4.91 Å². The van der Waals surface area contributed by atoms with Crippen molar-refractivity contribution < 1.29 is 29.6 Å². The number of nitrogens with one attached hydrogen (secondary N) is 1. The van der Waals surface area contributed by atoms with Gasteiger partial charge in [-0.2, -0.15) is 5.01 Å². The topological polar surface area (TPSA) is 141 Å². The molecular formula is C10H18ClN3O7. The summed E-state index contributed by atoms with van der Waals surface area (Å²) in [5.41, 5.74) is 0. The van der Waals surface area contributed by atoms with E-state index in [2.05, 4.69) is 10.6 Å². The number of nitrogens with zero attached hydrogens (tertiary/aromatic N) is 2. The second kappa shape index (κ2) is 8.41. The third kappa shape index (κ3) is 4.46. The standard InChI is InChI=1S/C10H18ClN3O7/c1-20-9-8(17)7(16)6(15)5(21-9)4-12-10(18)14(13-19)3-2-11/h5-9,15-17H,2-4H2,1H3,(H,12,18)/t5-,6+,7-,8-,9-/m1/s1. The Bertz CT molecular complexity index is 360. The third-order valence-electron chi connectivity index (χ3n) is 2.98. The van der Waals surface area contributed by atoms with Crippen molar-refractivity contribution in [2.24, 2.45) is 5.29 Å². The van der Waals surface area contributed by atoms with Gasteiger partial charge in [0.1, 0.15) is 24.4 Å². The van der Waals surface area contributed by atoms with Crippen molar-refractivity contribution in [1.29, 1.82) is 0 Å². The number of ether oxygens (including phenoxy) is 2. The number of hydrogen-bond acceptors (Lipinski definition) is 8. The summed E-state index contributed by atoms with van der Waals surface area (Å²) in [6.07, 6.45) is -6.51. The van der Waals surface area contributed by atoms with E-state index in [1.807, 2.05) is 0 Å². The van der Waals surface area contributed by atoms with Gasteiger partial charge in [0.15, 0.2) is 6.29 Å². The molecule has 4 N–H and O–H groups in total. The van der Waals surface area contributed by atoms with E-state index in [0.29, 0.717) is 5.01 Å². The summed E-state index contributed by atoms with van der Waals surface area (Å²) >= 11 is 5.40. The van der Waals surface area contributed by atoms with Crippen molar-refractivity contribution in [3.63, 3.8) is 0 Å². The number of urea groups is 1. The molecule has 1 rings (SSSR count). The van der Waals surface area contributed by atoms with Crippen LogP contribution in [0.2, 0.25) is 0 Å². The molecule has 122 valence electrons. The number of methoxy groups -OCH3 is 1. The second-order valence-corrected chi connectivity index (χ2v) is 4.71. The lowest BCUT2D eigenvalue weighted by atomic mass is 9.99. The molecule has 0 aliphatic carbocycles. The van der Waals surface area contributed by atoms with Crippen molar-refractivity contribution in [3.05, 3.63) is 4.91 Å². The Balaban J connectivity index is 2.57. The minimum absolute atomic E-state index is 0.0262. The van der Waals surface area contributed by atoms with Crippen LogP contribution >= 0.6 is 11.6 Å². The van der Waals surface area contributed by atoms with Crippen molar-refractivity contribution in [1.82, 2.24) is 10.3 Å². The van der Waals surface area contributed by atoms with Crippen LogP contribution in [0.15, 0.2) is 5.29 Å². The lowest BCUT2D eigenvalue weighted by Crippen LogP contribution is -2.60. The van der Waals surface area contributed by atoms with Crippen LogP contribution in [-0.2, 0) is 9.47 Å². The van der Waals surface area contributed by atoms with E-state index in [-0.39, 0.29) is 19.0 Å². The average Bonchev–Trinajstić information content (AvgIpc) is 2.49. The largest absolute Gasteiger partial charge is 0.388 e. The molecule has 1 fully saturated rings. The first-order valence-electron chi connectivity index (χ1n) is 6.13. The maximum Gasteiger partial charge on any atom is 0.340 e. The van der Waals surface area contributed by atoms with Gasteiger partial charge < -0.3 is 30.1 Å². The van der Waals surface area contributed by atoms with E-state index in [0.717, 1.165) is 0 Å². The summed E-state index contributed by atoms with van der Waals surface area (Å²) in [4.78, 5) is 22.0. The molecule has 0 radical (unpaired) electrons. The molecule has 0 unspecified atom stereocenters. The van der Waals surface area contributed by atoms with Gasteiger partial charge in [0.05, 0.1) is 11.8 Å². The molecule has 21 heavy (non-hydrogen) atoms. The number of aliphatic hydroxyl groups excluding tert-OH is 3. The number of rotatable bonds is 6. The first-order chi connectivity index (χ1) is 9.96. The number of carbonyl (C=O) groups is 1. The van der Waals surface area contributed by atoms with Crippen LogP contribution in [0.25, 0.3) is 0 Å². The number of carbonyl (C=O) groups excluding carboxylic acids is 1. The summed E-state index contributed by atoms with van der Waals surface area (Å²) in [5.74, 6) is 0.0262.